The van der Waals surface area contributed by atoms with Crippen LogP contribution < -0.4 is 31.5 Å². The molecule has 1 aromatic carbocycles. The monoisotopic (exact) mass is 578 g/mol. The van der Waals surface area contributed by atoms with E-state index >= 15 is 0 Å². The summed E-state index contributed by atoms with van der Waals surface area (Å²) in [5.41, 5.74) is 3.77. The Labute approximate surface area is 213 Å². The van der Waals surface area contributed by atoms with Crippen LogP contribution in [0.15, 0.2) is 18.2 Å². The number of likely N-dealkylation sites (tertiary alicyclic amines) is 1. The molecule has 34 heavy (non-hydrogen) atoms. The Balaban J connectivity index is 1.31. The van der Waals surface area contributed by atoms with Crippen molar-refractivity contribution in [2.45, 2.75) is 78.8 Å². The number of halogens is 1. The van der Waals surface area contributed by atoms with E-state index in [1.165, 1.54) is 57.9 Å². The van der Waals surface area contributed by atoms with Crippen LogP contribution >= 0.6 is 0 Å². The number of hydrogen-bond acceptors (Lipinski definition) is 4. The molecule has 7 heteroatoms. The van der Waals surface area contributed by atoms with E-state index in [4.69, 9.17) is 9.47 Å². The molecule has 6 nitrogen and oxygen atoms in total. The minimum atomic E-state index is -0.312. The third-order valence-electron chi connectivity index (χ3n) is 10.6. The Kier molecular flexibility index (Phi) is 5.19. The molecular formula is C27H37IN3O3-. The van der Waals surface area contributed by atoms with Gasteiger partial charge in [0.1, 0.15) is 0 Å². The molecule has 3 saturated carbocycles. The predicted octanol–water partition coefficient (Wildman–Crippen LogP) is 0.329. The zero-order valence-electron chi connectivity index (χ0n) is 20.4. The van der Waals surface area contributed by atoms with E-state index in [0.717, 1.165) is 15.7 Å². The number of rotatable bonds is 5. The number of methoxy groups -OCH3 is 2. The molecule has 2 heterocycles. The zero-order valence-corrected chi connectivity index (χ0v) is 22.6. The number of hydrogen-bond donors (Lipinski definition) is 1. The van der Waals surface area contributed by atoms with Gasteiger partial charge in [-0.2, -0.15) is 0 Å². The number of piperidine rings is 1. The van der Waals surface area contributed by atoms with Gasteiger partial charge in [0.25, 0.3) is 0 Å². The van der Waals surface area contributed by atoms with Gasteiger partial charge in [0.05, 0.1) is 0 Å². The molecule has 6 aliphatic rings. The fourth-order valence-corrected chi connectivity index (χ4v) is 13.8. The van der Waals surface area contributed by atoms with E-state index in [0.29, 0.717) is 36.6 Å². The van der Waals surface area contributed by atoms with Gasteiger partial charge in [0.15, 0.2) is 0 Å². The van der Waals surface area contributed by atoms with Crippen molar-refractivity contribution in [2.75, 3.05) is 33.9 Å². The Morgan fingerprint density at radius 2 is 2.12 bits per heavy atom. The average molecular weight is 579 g/mol. The second kappa shape index (κ2) is 7.97. The number of nitrogens with one attached hydrogen (secondary N) is 1. The van der Waals surface area contributed by atoms with Crippen molar-refractivity contribution in [2.24, 2.45) is 11.3 Å². The summed E-state index contributed by atoms with van der Waals surface area (Å²) in [5.74, 6) is 1.63. The summed E-state index contributed by atoms with van der Waals surface area (Å²) in [5, 5.41) is 3.16. The van der Waals surface area contributed by atoms with E-state index in [1.54, 1.807) is 25.3 Å². The Hall–Kier alpha value is -1.06. The summed E-state index contributed by atoms with van der Waals surface area (Å²) >= 11 is -0.312. The first-order valence-electron chi connectivity index (χ1n) is 13.3. The molecule has 5 unspecified atom stereocenters. The molecule has 0 aromatic heterocycles. The number of carbonyl (C=O) groups excluding carboxylic acids is 1. The van der Waals surface area contributed by atoms with Crippen molar-refractivity contribution >= 4 is 6.03 Å². The summed E-state index contributed by atoms with van der Waals surface area (Å²) in [6.45, 7) is 2.42. The fraction of sp³-hybridized carbons (Fsp3) is 0.741. The molecule has 0 radical (unpaired) electrons. The first-order chi connectivity index (χ1) is 16.6. The summed E-state index contributed by atoms with van der Waals surface area (Å²) in [7, 11) is 3.50. The predicted molar refractivity (Wildman–Crippen MR) is 126 cm³/mol. The van der Waals surface area contributed by atoms with Crippen LogP contribution in [0.5, 0.6) is 5.75 Å². The second-order valence-corrected chi connectivity index (χ2v) is 14.6. The molecule has 6 atom stereocenters. The molecule has 0 spiro atoms. The van der Waals surface area contributed by atoms with Crippen LogP contribution in [0, 0.1) is 11.3 Å². The van der Waals surface area contributed by atoms with Crippen LogP contribution in [-0.2, 0) is 16.6 Å². The van der Waals surface area contributed by atoms with Gasteiger partial charge in [-0.25, -0.2) is 0 Å². The van der Waals surface area contributed by atoms with Gasteiger partial charge in [0.2, 0.25) is 0 Å². The minimum absolute atomic E-state index is 0.165. The summed E-state index contributed by atoms with van der Waals surface area (Å²) < 4.78 is 14.0. The van der Waals surface area contributed by atoms with Crippen LogP contribution in [0.4, 0.5) is 4.79 Å². The number of urea groups is 1. The van der Waals surface area contributed by atoms with Gasteiger partial charge in [0, 0.05) is 0 Å². The average Bonchev–Trinajstić information content (AvgIpc) is 3.26. The molecule has 2 amide bonds. The van der Waals surface area contributed by atoms with Gasteiger partial charge >= 0.3 is 214 Å². The van der Waals surface area contributed by atoms with Crippen LogP contribution in [0.3, 0.4) is 0 Å². The molecule has 1 N–H and O–H groups in total. The fourth-order valence-electron chi connectivity index (χ4n) is 9.19. The molecule has 7 rings (SSSR count). The topological polar surface area (TPSA) is 54.0 Å². The molecule has 2 saturated heterocycles. The van der Waals surface area contributed by atoms with E-state index in [-0.39, 0.29) is 32.9 Å². The molecule has 1 aromatic rings. The quantitative estimate of drug-likeness (QED) is 0.237. The van der Waals surface area contributed by atoms with E-state index in [1.807, 2.05) is 0 Å². The number of alkyl halides is 1. The molecule has 2 aliphatic heterocycles. The van der Waals surface area contributed by atoms with Gasteiger partial charge in [-0.05, 0) is 0 Å². The summed E-state index contributed by atoms with van der Waals surface area (Å²) in [6, 6.07) is 9.03. The standard InChI is InChI=1S/C27H37IN3O3/c1-33-13-11-29-25(32)31-22-8-9-26-16-21(28-31)24(22)27(26)10-12-30(18-4-3-5-18)23(26)14-17-6-7-19(34-2)15-20(17)27/h6-7,15,18,21-24H,3-5,8-14,16H2,1-2H3,(H,29,32)/q-1/t21-,22?,23?,24?,26?,27?/m0/s1. The van der Waals surface area contributed by atoms with Gasteiger partial charge < -0.3 is 0 Å². The Bertz CT molecular complexity index is 1000. The van der Waals surface area contributed by atoms with E-state index in [2.05, 4.69) is 31.5 Å². The van der Waals surface area contributed by atoms with Crippen molar-refractivity contribution < 1.29 is 35.7 Å². The molecule has 4 bridgehead atoms. The zero-order chi connectivity index (χ0) is 23.1. The van der Waals surface area contributed by atoms with Crippen molar-refractivity contribution in [3.63, 3.8) is 0 Å². The molecule has 5 fully saturated rings. The number of fused-ring (bicyclic) bond motifs is 1. The maximum atomic E-state index is 13.3. The number of benzene rings is 1. The van der Waals surface area contributed by atoms with Crippen LogP contribution in [0.1, 0.15) is 56.1 Å². The summed E-state index contributed by atoms with van der Waals surface area (Å²) in [4.78, 5) is 16.2. The first kappa shape index (κ1) is 22.2. The third kappa shape index (κ3) is 2.72. The molecule has 4 aliphatic carbocycles. The van der Waals surface area contributed by atoms with Crippen molar-refractivity contribution in [3.8, 4) is 5.75 Å². The normalized spacial score (nSPS) is 40.1. The SMILES string of the molecule is COCCNC(=O)N1[I-][C@H]2CC34CCC1C2C31CCN(C2CCC2)C4Cc2ccc(OC)cc21. The van der Waals surface area contributed by atoms with E-state index < -0.39 is 0 Å². The van der Waals surface area contributed by atoms with Crippen molar-refractivity contribution in [3.05, 3.63) is 29.3 Å². The Morgan fingerprint density at radius 3 is 2.88 bits per heavy atom. The Morgan fingerprint density at radius 1 is 1.24 bits per heavy atom. The third-order valence-corrected chi connectivity index (χ3v) is 14.2. The van der Waals surface area contributed by atoms with Gasteiger partial charge in [-0.1, -0.05) is 0 Å². The molecule has 186 valence electrons. The number of nitrogens with zero attached hydrogens (tertiary/aromatic N) is 2. The van der Waals surface area contributed by atoms with Crippen LogP contribution in [0.2, 0.25) is 0 Å². The number of carbonyl (C=O) groups is 1. The van der Waals surface area contributed by atoms with Crippen molar-refractivity contribution in [1.29, 1.82) is 0 Å². The molecular weight excluding hydrogens is 541 g/mol. The number of ether oxygens (including phenoxy) is 2. The second-order valence-electron chi connectivity index (χ2n) is 11.4. The maximum absolute atomic E-state index is 13.3. The number of amides is 2. The van der Waals surface area contributed by atoms with Crippen molar-refractivity contribution in [1.82, 2.24) is 13.3 Å². The first-order valence-corrected chi connectivity index (χ1v) is 15.5. The van der Waals surface area contributed by atoms with Crippen LogP contribution in [0.25, 0.3) is 0 Å². The van der Waals surface area contributed by atoms with Gasteiger partial charge in [-0.15, -0.1) is 0 Å². The van der Waals surface area contributed by atoms with Crippen LogP contribution in [-0.4, -0.2) is 70.0 Å². The summed E-state index contributed by atoms with van der Waals surface area (Å²) in [6.07, 6.45) is 10.5. The van der Waals surface area contributed by atoms with E-state index in [9.17, 15) is 4.79 Å². The van der Waals surface area contributed by atoms with Gasteiger partial charge in [-0.3, -0.25) is 0 Å².